The van der Waals surface area contributed by atoms with Crippen molar-refractivity contribution in [2.24, 2.45) is 0 Å². The van der Waals surface area contributed by atoms with Crippen LogP contribution in [0.4, 0.5) is 22.0 Å². The molecule has 1 spiro atoms. The number of para-hydroxylation sites is 1. The molecular formula is C25H21F5N2O3. The maximum Gasteiger partial charge on any atom is 0.454 e. The number of aromatic amines is 1. The van der Waals surface area contributed by atoms with E-state index in [1.807, 2.05) is 24.3 Å². The van der Waals surface area contributed by atoms with Crippen molar-refractivity contribution in [3.8, 4) is 11.5 Å². The summed E-state index contributed by atoms with van der Waals surface area (Å²) in [6, 6.07) is 9.58. The van der Waals surface area contributed by atoms with E-state index < -0.39 is 41.8 Å². The van der Waals surface area contributed by atoms with E-state index >= 15 is 0 Å². The number of halogens is 5. The average molecular weight is 492 g/mol. The first-order valence-electron chi connectivity index (χ1n) is 11.5. The fourth-order valence-corrected chi connectivity index (χ4v) is 7.26. The molecule has 0 amide bonds. The lowest BCUT2D eigenvalue weighted by atomic mass is 9.49. The molecule has 3 N–H and O–H groups in total. The van der Waals surface area contributed by atoms with Crippen molar-refractivity contribution in [2.45, 2.75) is 54.5 Å². The second kappa shape index (κ2) is 6.28. The van der Waals surface area contributed by atoms with Gasteiger partial charge in [0.05, 0.1) is 23.3 Å². The van der Waals surface area contributed by atoms with Gasteiger partial charge in [-0.15, -0.1) is 0 Å². The topological polar surface area (TPSA) is 68.7 Å². The molecule has 7 rings (SSSR count). The summed E-state index contributed by atoms with van der Waals surface area (Å²) in [5.41, 5.74) is 0.886. The molecule has 35 heavy (non-hydrogen) atoms. The molecule has 1 fully saturated rings. The van der Waals surface area contributed by atoms with Crippen molar-refractivity contribution in [2.75, 3.05) is 13.1 Å². The second-order valence-corrected chi connectivity index (χ2v) is 10.2. The largest absolute Gasteiger partial charge is 0.504 e. The second-order valence-electron chi connectivity index (χ2n) is 10.2. The van der Waals surface area contributed by atoms with Crippen LogP contribution in [-0.2, 0) is 18.3 Å². The molecule has 1 aromatic heterocycles. The van der Waals surface area contributed by atoms with Gasteiger partial charge in [-0.05, 0) is 42.6 Å². The van der Waals surface area contributed by atoms with Gasteiger partial charge < -0.3 is 19.9 Å². The smallest absolute Gasteiger partial charge is 0.454 e. The van der Waals surface area contributed by atoms with Crippen molar-refractivity contribution in [1.29, 1.82) is 0 Å². The molecule has 0 unspecified atom stereocenters. The van der Waals surface area contributed by atoms with Gasteiger partial charge in [0.1, 0.15) is 0 Å². The fraction of sp³-hybridized carbons (Fsp3) is 0.440. The molecule has 0 radical (unpaired) electrons. The molecule has 4 atom stereocenters. The fourth-order valence-electron chi connectivity index (χ4n) is 7.26. The van der Waals surface area contributed by atoms with Gasteiger partial charge in [0.25, 0.3) is 0 Å². The molecular weight excluding hydrogens is 471 g/mol. The zero-order chi connectivity index (χ0) is 24.5. The van der Waals surface area contributed by atoms with Crippen LogP contribution in [0, 0.1) is 0 Å². The third kappa shape index (κ3) is 2.39. The van der Waals surface area contributed by atoms with Gasteiger partial charge in [0.15, 0.2) is 17.6 Å². The van der Waals surface area contributed by atoms with Crippen molar-refractivity contribution >= 4 is 10.9 Å². The Labute approximate surface area is 196 Å². The van der Waals surface area contributed by atoms with Gasteiger partial charge in [0, 0.05) is 28.9 Å². The number of phenolic OH excluding ortho intramolecular Hbond substituents is 1. The van der Waals surface area contributed by atoms with Crippen molar-refractivity contribution in [3.05, 3.63) is 58.8 Å². The minimum Gasteiger partial charge on any atom is -0.504 e. The van der Waals surface area contributed by atoms with E-state index in [1.54, 1.807) is 6.07 Å². The summed E-state index contributed by atoms with van der Waals surface area (Å²) in [6.07, 6.45) is -6.18. The Morgan fingerprint density at radius 3 is 2.66 bits per heavy atom. The van der Waals surface area contributed by atoms with Crippen LogP contribution in [0.1, 0.15) is 34.9 Å². The summed E-state index contributed by atoms with van der Waals surface area (Å²) in [6.45, 7) is -1.59. The highest BCUT2D eigenvalue weighted by atomic mass is 19.4. The van der Waals surface area contributed by atoms with Gasteiger partial charge in [-0.25, -0.2) is 0 Å². The lowest BCUT2D eigenvalue weighted by Crippen LogP contribution is -2.75. The van der Waals surface area contributed by atoms with Gasteiger partial charge in [-0.2, -0.15) is 22.0 Å². The summed E-state index contributed by atoms with van der Waals surface area (Å²) in [5.74, 6) is -4.75. The van der Waals surface area contributed by atoms with Crippen molar-refractivity contribution in [1.82, 2.24) is 9.88 Å². The molecule has 2 aromatic carbocycles. The van der Waals surface area contributed by atoms with E-state index in [-0.39, 0.29) is 37.3 Å². The molecule has 10 heteroatoms. The van der Waals surface area contributed by atoms with Crippen LogP contribution in [0.15, 0.2) is 36.4 Å². The molecule has 1 saturated heterocycles. The third-order valence-electron chi connectivity index (χ3n) is 8.70. The highest BCUT2D eigenvalue weighted by Gasteiger charge is 2.73. The Hall–Kier alpha value is -2.85. The number of nitrogens with zero attached hydrogens (tertiary/aromatic N) is 1. The van der Waals surface area contributed by atoms with E-state index in [1.165, 1.54) is 6.07 Å². The number of hydrogen-bond donors (Lipinski definition) is 3. The number of aromatic hydroxyl groups is 1. The lowest BCUT2D eigenvalue weighted by molar-refractivity contribution is -0.294. The SMILES string of the molecule is Oc1ccc2c3c1O[C@H]1c4[nH]c5ccccc5c4C[C@@]4(O)[C@@H](C2)N(CC(F)(F)C(F)(F)F)CC[C@]314. The molecule has 2 aliphatic carbocycles. The molecule has 5 nitrogen and oxygen atoms in total. The van der Waals surface area contributed by atoms with Crippen LogP contribution in [0.5, 0.6) is 11.5 Å². The zero-order valence-corrected chi connectivity index (χ0v) is 18.3. The van der Waals surface area contributed by atoms with Crippen LogP contribution in [0.3, 0.4) is 0 Å². The zero-order valence-electron chi connectivity index (χ0n) is 18.3. The van der Waals surface area contributed by atoms with Crippen LogP contribution in [-0.4, -0.2) is 56.9 Å². The van der Waals surface area contributed by atoms with E-state index in [2.05, 4.69) is 4.98 Å². The quantitative estimate of drug-likeness (QED) is 0.465. The van der Waals surface area contributed by atoms with Gasteiger partial charge in [-0.1, -0.05) is 24.3 Å². The molecule has 4 aliphatic rings. The predicted molar refractivity (Wildman–Crippen MR) is 115 cm³/mol. The van der Waals surface area contributed by atoms with E-state index in [4.69, 9.17) is 4.74 Å². The normalized spacial score (nSPS) is 31.3. The number of benzene rings is 2. The minimum absolute atomic E-state index is 0.0669. The summed E-state index contributed by atoms with van der Waals surface area (Å²) >= 11 is 0. The first-order chi connectivity index (χ1) is 16.5. The van der Waals surface area contributed by atoms with Crippen molar-refractivity contribution in [3.63, 3.8) is 0 Å². The van der Waals surface area contributed by atoms with Crippen LogP contribution in [0.25, 0.3) is 10.9 Å². The standard InChI is InChI=1S/C25H21F5N2O3/c26-24(27,25(28,29)30)11-32-8-7-22-18-12-5-6-16(33)20(18)35-21(22)19-14(10-23(22,34)17(32)9-12)13-3-1-2-4-15(13)31-19/h1-6,17,21,31,33-34H,7-11H2/t17-,21+,22+,23-/m1/s1. The minimum atomic E-state index is -5.69. The number of aliphatic hydroxyl groups is 1. The van der Waals surface area contributed by atoms with Gasteiger partial charge in [-0.3, -0.25) is 4.90 Å². The maximum absolute atomic E-state index is 14.2. The first kappa shape index (κ1) is 21.4. The molecule has 184 valence electrons. The lowest BCUT2D eigenvalue weighted by Gasteiger charge is -2.62. The first-order valence-corrected chi connectivity index (χ1v) is 11.5. The number of H-pyrrole nitrogens is 1. The Balaban J connectivity index is 1.46. The van der Waals surface area contributed by atoms with E-state index in [9.17, 15) is 32.2 Å². The molecule has 2 aliphatic heterocycles. The van der Waals surface area contributed by atoms with E-state index in [0.717, 1.165) is 27.1 Å². The number of likely N-dealkylation sites (tertiary alicyclic amines) is 1. The highest BCUT2D eigenvalue weighted by molar-refractivity contribution is 5.86. The molecule has 2 bridgehead atoms. The van der Waals surface area contributed by atoms with Gasteiger partial charge >= 0.3 is 12.1 Å². The van der Waals surface area contributed by atoms with Crippen LogP contribution in [0.2, 0.25) is 0 Å². The number of aromatic nitrogens is 1. The summed E-state index contributed by atoms with van der Waals surface area (Å²) < 4.78 is 74.1. The van der Waals surface area contributed by atoms with Gasteiger partial charge in [0.2, 0.25) is 0 Å². The summed E-state index contributed by atoms with van der Waals surface area (Å²) in [5, 5.41) is 23.9. The Morgan fingerprint density at radius 2 is 1.89 bits per heavy atom. The maximum atomic E-state index is 14.2. The number of phenols is 1. The molecule has 0 saturated carbocycles. The highest BCUT2D eigenvalue weighted by Crippen LogP contribution is 2.69. The molecule has 3 heterocycles. The number of alkyl halides is 5. The Morgan fingerprint density at radius 1 is 1.11 bits per heavy atom. The third-order valence-corrected chi connectivity index (χ3v) is 8.70. The average Bonchev–Trinajstić information content (AvgIpc) is 3.32. The number of nitrogens with one attached hydrogen (secondary N) is 1. The van der Waals surface area contributed by atoms with Crippen LogP contribution >= 0.6 is 0 Å². The Kier molecular flexibility index (Phi) is 3.85. The van der Waals surface area contributed by atoms with Crippen molar-refractivity contribution < 1.29 is 36.9 Å². The number of piperidine rings is 1. The Bertz CT molecular complexity index is 1400. The monoisotopic (exact) mass is 492 g/mol. The number of fused-ring (bicyclic) bond motifs is 4. The predicted octanol–water partition coefficient (Wildman–Crippen LogP) is 4.36. The number of ether oxygens (including phenoxy) is 1. The molecule has 3 aromatic rings. The van der Waals surface area contributed by atoms with Crippen LogP contribution < -0.4 is 4.74 Å². The van der Waals surface area contributed by atoms with E-state index in [0.29, 0.717) is 11.1 Å². The number of rotatable bonds is 2. The number of hydrogen-bond acceptors (Lipinski definition) is 4. The summed E-state index contributed by atoms with van der Waals surface area (Å²) in [7, 11) is 0. The summed E-state index contributed by atoms with van der Waals surface area (Å²) in [4.78, 5) is 4.49.